The van der Waals surface area contributed by atoms with E-state index >= 15 is 0 Å². The van der Waals surface area contributed by atoms with E-state index in [1.807, 2.05) is 29.1 Å². The van der Waals surface area contributed by atoms with Gasteiger partial charge in [-0.1, -0.05) is 31.4 Å². The third kappa shape index (κ3) is 4.60. The summed E-state index contributed by atoms with van der Waals surface area (Å²) in [4.78, 5) is 0. The van der Waals surface area contributed by atoms with Crippen molar-refractivity contribution in [3.8, 4) is 5.75 Å². The van der Waals surface area contributed by atoms with Crippen molar-refractivity contribution in [1.82, 2.24) is 9.78 Å². The first-order valence-corrected chi connectivity index (χ1v) is 8.21. The minimum atomic E-state index is 0.448. The molecule has 1 aromatic carbocycles. The summed E-state index contributed by atoms with van der Waals surface area (Å²) in [7, 11) is 0. The Balaban J connectivity index is 1.42. The van der Waals surface area contributed by atoms with E-state index in [0.717, 1.165) is 12.3 Å². The minimum absolute atomic E-state index is 0.448. The molecule has 0 unspecified atom stereocenters. The number of rotatable bonds is 7. The van der Waals surface area contributed by atoms with Crippen LogP contribution in [0.4, 0.5) is 0 Å². The Bertz CT molecular complexity index is 548. The minimum Gasteiger partial charge on any atom is -0.491 e. The van der Waals surface area contributed by atoms with Crippen molar-refractivity contribution in [3.05, 3.63) is 48.3 Å². The molecule has 1 aliphatic rings. The summed E-state index contributed by atoms with van der Waals surface area (Å²) in [6, 6.07) is 10.1. The van der Waals surface area contributed by atoms with Crippen LogP contribution >= 0.6 is 0 Å². The van der Waals surface area contributed by atoms with Gasteiger partial charge in [-0.2, -0.15) is 5.10 Å². The van der Waals surface area contributed by atoms with Crippen LogP contribution < -0.4 is 4.74 Å². The fourth-order valence-electron chi connectivity index (χ4n) is 2.92. The van der Waals surface area contributed by atoms with Crippen molar-refractivity contribution in [3.63, 3.8) is 0 Å². The van der Waals surface area contributed by atoms with Crippen molar-refractivity contribution in [1.29, 1.82) is 0 Å². The fraction of sp³-hybridized carbons (Fsp3) is 0.500. The molecule has 0 N–H and O–H groups in total. The van der Waals surface area contributed by atoms with Crippen molar-refractivity contribution in [2.45, 2.75) is 44.8 Å². The molecule has 2 aromatic rings. The van der Waals surface area contributed by atoms with Gasteiger partial charge in [-0.05, 0) is 36.6 Å². The Kier molecular flexibility index (Phi) is 5.48. The Morgan fingerprint density at radius 1 is 1.09 bits per heavy atom. The molecule has 0 amide bonds. The maximum absolute atomic E-state index is 5.88. The van der Waals surface area contributed by atoms with E-state index in [0.29, 0.717) is 19.3 Å². The zero-order valence-corrected chi connectivity index (χ0v) is 13.0. The van der Waals surface area contributed by atoms with Crippen LogP contribution in [0.1, 0.15) is 37.7 Å². The van der Waals surface area contributed by atoms with Crippen molar-refractivity contribution in [2.24, 2.45) is 0 Å². The van der Waals surface area contributed by atoms with Crippen LogP contribution in [-0.4, -0.2) is 29.1 Å². The molecule has 118 valence electrons. The highest BCUT2D eigenvalue weighted by Gasteiger charge is 2.13. The number of hydrogen-bond acceptors (Lipinski definition) is 3. The van der Waals surface area contributed by atoms with Gasteiger partial charge in [-0.15, -0.1) is 0 Å². The monoisotopic (exact) mass is 300 g/mol. The van der Waals surface area contributed by atoms with Crippen LogP contribution in [-0.2, 0) is 11.3 Å². The molecule has 1 aromatic heterocycles. The summed E-state index contributed by atoms with van der Waals surface area (Å²) < 4.78 is 13.6. The van der Waals surface area contributed by atoms with Crippen LogP contribution in [0.2, 0.25) is 0 Å². The third-order valence-electron chi connectivity index (χ3n) is 4.06. The second kappa shape index (κ2) is 7.99. The molecule has 0 spiro atoms. The van der Waals surface area contributed by atoms with Crippen molar-refractivity contribution in [2.75, 3.05) is 13.2 Å². The van der Waals surface area contributed by atoms with E-state index in [1.165, 1.54) is 37.7 Å². The van der Waals surface area contributed by atoms with E-state index in [9.17, 15) is 0 Å². The molecule has 22 heavy (non-hydrogen) atoms. The molecule has 1 saturated carbocycles. The van der Waals surface area contributed by atoms with E-state index in [-0.39, 0.29) is 0 Å². The van der Waals surface area contributed by atoms with Crippen LogP contribution in [0.3, 0.4) is 0 Å². The molecular formula is C18H24N2O2. The van der Waals surface area contributed by atoms with Gasteiger partial charge in [0.1, 0.15) is 12.4 Å². The molecule has 0 atom stereocenters. The SMILES string of the molecule is c1cc(Cn2cccn2)cc(OCCOC2CCCCC2)c1. The summed E-state index contributed by atoms with van der Waals surface area (Å²) in [6.45, 7) is 2.05. The molecular weight excluding hydrogens is 276 g/mol. The van der Waals surface area contributed by atoms with Crippen LogP contribution in [0.5, 0.6) is 5.75 Å². The van der Waals surface area contributed by atoms with Gasteiger partial charge in [0, 0.05) is 12.4 Å². The Morgan fingerprint density at radius 2 is 2.00 bits per heavy atom. The Hall–Kier alpha value is -1.81. The largest absolute Gasteiger partial charge is 0.491 e. The highest BCUT2D eigenvalue weighted by Crippen LogP contribution is 2.20. The number of benzene rings is 1. The van der Waals surface area contributed by atoms with Gasteiger partial charge in [0.25, 0.3) is 0 Å². The van der Waals surface area contributed by atoms with Gasteiger partial charge >= 0.3 is 0 Å². The fourth-order valence-corrected chi connectivity index (χ4v) is 2.92. The lowest BCUT2D eigenvalue weighted by Crippen LogP contribution is -2.19. The second-order valence-electron chi connectivity index (χ2n) is 5.83. The average Bonchev–Trinajstić information content (AvgIpc) is 3.06. The van der Waals surface area contributed by atoms with Gasteiger partial charge in [0.2, 0.25) is 0 Å². The van der Waals surface area contributed by atoms with E-state index in [1.54, 1.807) is 6.20 Å². The Morgan fingerprint density at radius 3 is 2.82 bits per heavy atom. The number of nitrogens with zero attached hydrogens (tertiary/aromatic N) is 2. The predicted octanol–water partition coefficient (Wildman–Crippen LogP) is 3.66. The summed E-state index contributed by atoms with van der Waals surface area (Å²) in [5, 5.41) is 4.22. The summed E-state index contributed by atoms with van der Waals surface area (Å²) >= 11 is 0. The molecule has 3 rings (SSSR count). The molecule has 0 aliphatic heterocycles. The maximum Gasteiger partial charge on any atom is 0.119 e. The molecule has 0 radical (unpaired) electrons. The number of aromatic nitrogens is 2. The van der Waals surface area contributed by atoms with Gasteiger partial charge in [-0.25, -0.2) is 0 Å². The molecule has 1 heterocycles. The maximum atomic E-state index is 5.88. The molecule has 0 bridgehead atoms. The van der Waals surface area contributed by atoms with Gasteiger partial charge in [-0.3, -0.25) is 4.68 Å². The molecule has 0 saturated heterocycles. The standard InChI is InChI=1S/C18H24N2O2/c1-2-7-17(8-3-1)21-12-13-22-18-9-4-6-16(14-18)15-20-11-5-10-19-20/h4-6,9-11,14,17H,1-3,7-8,12-13,15H2. The summed E-state index contributed by atoms with van der Waals surface area (Å²) in [5.41, 5.74) is 1.19. The topological polar surface area (TPSA) is 36.3 Å². The van der Waals surface area contributed by atoms with E-state index in [2.05, 4.69) is 17.2 Å². The lowest BCUT2D eigenvalue weighted by Gasteiger charge is -2.22. The van der Waals surface area contributed by atoms with Crippen molar-refractivity contribution >= 4 is 0 Å². The third-order valence-corrected chi connectivity index (χ3v) is 4.06. The van der Waals surface area contributed by atoms with Gasteiger partial charge in [0.05, 0.1) is 19.3 Å². The van der Waals surface area contributed by atoms with Gasteiger partial charge in [0.15, 0.2) is 0 Å². The van der Waals surface area contributed by atoms with Gasteiger partial charge < -0.3 is 9.47 Å². The van der Waals surface area contributed by atoms with Crippen LogP contribution in [0.15, 0.2) is 42.7 Å². The quantitative estimate of drug-likeness (QED) is 0.732. The first-order chi connectivity index (χ1) is 10.9. The van der Waals surface area contributed by atoms with Crippen LogP contribution in [0, 0.1) is 0 Å². The summed E-state index contributed by atoms with van der Waals surface area (Å²) in [5.74, 6) is 0.900. The number of ether oxygens (including phenoxy) is 2. The van der Waals surface area contributed by atoms with Crippen molar-refractivity contribution < 1.29 is 9.47 Å². The average molecular weight is 300 g/mol. The highest BCUT2D eigenvalue weighted by atomic mass is 16.5. The number of hydrogen-bond donors (Lipinski definition) is 0. The summed E-state index contributed by atoms with van der Waals surface area (Å²) in [6.07, 6.45) is 10.6. The van der Waals surface area contributed by atoms with E-state index < -0.39 is 0 Å². The molecule has 4 heteroatoms. The normalized spacial score (nSPS) is 15.8. The molecule has 1 aliphatic carbocycles. The lowest BCUT2D eigenvalue weighted by atomic mass is 9.98. The zero-order valence-electron chi connectivity index (χ0n) is 13.0. The first-order valence-electron chi connectivity index (χ1n) is 8.21. The smallest absolute Gasteiger partial charge is 0.119 e. The predicted molar refractivity (Wildman–Crippen MR) is 86.1 cm³/mol. The van der Waals surface area contributed by atoms with Crippen LogP contribution in [0.25, 0.3) is 0 Å². The molecule has 1 fully saturated rings. The second-order valence-corrected chi connectivity index (χ2v) is 5.83. The lowest BCUT2D eigenvalue weighted by molar-refractivity contribution is 0.0129. The highest BCUT2D eigenvalue weighted by molar-refractivity contribution is 5.28. The zero-order chi connectivity index (χ0) is 15.0. The first kappa shape index (κ1) is 15.1. The molecule has 4 nitrogen and oxygen atoms in total. The Labute approximate surface area is 132 Å². The van der Waals surface area contributed by atoms with E-state index in [4.69, 9.17) is 9.47 Å².